The standard InChI is InChI=1S/C7H6F4N2/c8-4-2-13-6(7(10)11)5(9)3(4)1-12/h2,7H,1,12H2. The van der Waals surface area contributed by atoms with E-state index in [2.05, 4.69) is 4.98 Å². The van der Waals surface area contributed by atoms with E-state index in [9.17, 15) is 17.6 Å². The van der Waals surface area contributed by atoms with Gasteiger partial charge >= 0.3 is 0 Å². The number of nitrogens with two attached hydrogens (primary N) is 1. The summed E-state index contributed by atoms with van der Waals surface area (Å²) in [6.07, 6.45) is -2.53. The van der Waals surface area contributed by atoms with E-state index in [4.69, 9.17) is 5.73 Å². The Hall–Kier alpha value is -1.17. The van der Waals surface area contributed by atoms with Crippen LogP contribution in [0, 0.1) is 11.6 Å². The van der Waals surface area contributed by atoms with E-state index in [1.54, 1.807) is 0 Å². The van der Waals surface area contributed by atoms with E-state index in [1.165, 1.54) is 0 Å². The third-order valence-electron chi connectivity index (χ3n) is 1.51. The molecule has 0 aromatic carbocycles. The molecule has 13 heavy (non-hydrogen) atoms. The molecule has 0 aliphatic carbocycles. The van der Waals surface area contributed by atoms with Crippen LogP contribution < -0.4 is 5.73 Å². The first-order valence-electron chi connectivity index (χ1n) is 3.39. The highest BCUT2D eigenvalue weighted by Gasteiger charge is 2.20. The van der Waals surface area contributed by atoms with Crippen LogP contribution in [0.15, 0.2) is 6.20 Å². The molecule has 0 fully saturated rings. The van der Waals surface area contributed by atoms with Crippen LogP contribution in [0.2, 0.25) is 0 Å². The van der Waals surface area contributed by atoms with Gasteiger partial charge in [0, 0.05) is 12.1 Å². The zero-order valence-electron chi connectivity index (χ0n) is 6.40. The monoisotopic (exact) mass is 194 g/mol. The second kappa shape index (κ2) is 3.69. The van der Waals surface area contributed by atoms with Gasteiger partial charge in [-0.1, -0.05) is 0 Å². The fourth-order valence-electron chi connectivity index (χ4n) is 0.859. The van der Waals surface area contributed by atoms with Crippen molar-refractivity contribution < 1.29 is 17.6 Å². The Morgan fingerprint density at radius 2 is 2.00 bits per heavy atom. The summed E-state index contributed by atoms with van der Waals surface area (Å²) >= 11 is 0. The predicted octanol–water partition coefficient (Wildman–Crippen LogP) is 1.76. The quantitative estimate of drug-likeness (QED) is 0.728. The molecule has 1 aromatic rings. The molecule has 1 rings (SSSR count). The van der Waals surface area contributed by atoms with Crippen molar-refractivity contribution in [3.8, 4) is 0 Å². The molecule has 0 bridgehead atoms. The maximum atomic E-state index is 12.9. The molecule has 72 valence electrons. The SMILES string of the molecule is NCc1c(F)cnc(C(F)F)c1F. The lowest BCUT2D eigenvalue weighted by molar-refractivity contribution is 0.140. The predicted molar refractivity (Wildman–Crippen MR) is 37.0 cm³/mol. The van der Waals surface area contributed by atoms with E-state index >= 15 is 0 Å². The Balaban J connectivity index is 3.27. The number of rotatable bonds is 2. The Morgan fingerprint density at radius 3 is 2.46 bits per heavy atom. The Labute approximate surface area is 71.4 Å². The molecule has 1 aromatic heterocycles. The minimum absolute atomic E-state index is 0.472. The van der Waals surface area contributed by atoms with Crippen LogP contribution in [0.3, 0.4) is 0 Å². The number of pyridine rings is 1. The van der Waals surface area contributed by atoms with E-state index in [0.29, 0.717) is 6.20 Å². The third kappa shape index (κ3) is 1.77. The molecule has 0 spiro atoms. The molecule has 0 amide bonds. The first kappa shape index (κ1) is 9.91. The number of hydrogen-bond donors (Lipinski definition) is 1. The summed E-state index contributed by atoms with van der Waals surface area (Å²) in [7, 11) is 0. The van der Waals surface area contributed by atoms with Gasteiger partial charge in [0.25, 0.3) is 6.43 Å². The molecule has 1 heterocycles. The summed E-state index contributed by atoms with van der Waals surface area (Å²) < 4.78 is 49.6. The zero-order chi connectivity index (χ0) is 10.0. The molecular formula is C7H6F4N2. The number of halogens is 4. The molecule has 0 aliphatic heterocycles. The smallest absolute Gasteiger partial charge is 0.283 e. The maximum absolute atomic E-state index is 12.9. The van der Waals surface area contributed by atoms with Gasteiger partial charge in [-0.05, 0) is 0 Å². The van der Waals surface area contributed by atoms with Crippen LogP contribution in [0.4, 0.5) is 17.6 Å². The summed E-state index contributed by atoms with van der Waals surface area (Å²) in [4.78, 5) is 2.93. The van der Waals surface area contributed by atoms with Crippen molar-refractivity contribution in [2.24, 2.45) is 5.73 Å². The van der Waals surface area contributed by atoms with Gasteiger partial charge in [0.15, 0.2) is 5.82 Å². The molecule has 0 saturated carbocycles. The second-order valence-electron chi connectivity index (χ2n) is 2.29. The highest BCUT2D eigenvalue weighted by atomic mass is 19.3. The fourth-order valence-corrected chi connectivity index (χ4v) is 0.859. The number of aromatic nitrogens is 1. The summed E-state index contributed by atoms with van der Waals surface area (Å²) in [5, 5.41) is 0. The lowest BCUT2D eigenvalue weighted by atomic mass is 10.2. The van der Waals surface area contributed by atoms with Gasteiger partial charge in [-0.3, -0.25) is 0 Å². The van der Waals surface area contributed by atoms with Crippen molar-refractivity contribution in [3.05, 3.63) is 29.1 Å². The average molecular weight is 194 g/mol. The van der Waals surface area contributed by atoms with Gasteiger partial charge in [-0.25, -0.2) is 22.5 Å². The van der Waals surface area contributed by atoms with E-state index in [1.807, 2.05) is 0 Å². The number of alkyl halides is 2. The molecular weight excluding hydrogens is 188 g/mol. The maximum Gasteiger partial charge on any atom is 0.283 e. The van der Waals surface area contributed by atoms with Gasteiger partial charge < -0.3 is 5.73 Å². The van der Waals surface area contributed by atoms with Crippen LogP contribution in [-0.2, 0) is 6.54 Å². The van der Waals surface area contributed by atoms with Crippen LogP contribution >= 0.6 is 0 Å². The molecule has 2 N–H and O–H groups in total. The summed E-state index contributed by atoms with van der Waals surface area (Å²) in [6.45, 7) is -0.472. The minimum atomic E-state index is -3.06. The number of hydrogen-bond acceptors (Lipinski definition) is 2. The van der Waals surface area contributed by atoms with Gasteiger partial charge in [-0.2, -0.15) is 0 Å². The second-order valence-corrected chi connectivity index (χ2v) is 2.29. The van der Waals surface area contributed by atoms with Crippen molar-refractivity contribution in [2.75, 3.05) is 0 Å². The lowest BCUT2D eigenvalue weighted by Gasteiger charge is -2.05. The first-order valence-corrected chi connectivity index (χ1v) is 3.39. The Bertz CT molecular complexity index is 314. The molecule has 6 heteroatoms. The van der Waals surface area contributed by atoms with E-state index in [0.717, 1.165) is 0 Å². The Kier molecular flexibility index (Phi) is 2.82. The Morgan fingerprint density at radius 1 is 1.38 bits per heavy atom. The molecule has 0 atom stereocenters. The van der Waals surface area contributed by atoms with Crippen molar-refractivity contribution in [3.63, 3.8) is 0 Å². The highest BCUT2D eigenvalue weighted by Crippen LogP contribution is 2.22. The highest BCUT2D eigenvalue weighted by molar-refractivity contribution is 5.21. The molecule has 0 unspecified atom stereocenters. The lowest BCUT2D eigenvalue weighted by Crippen LogP contribution is -2.08. The van der Waals surface area contributed by atoms with Crippen molar-refractivity contribution in [1.29, 1.82) is 0 Å². The van der Waals surface area contributed by atoms with E-state index < -0.39 is 35.9 Å². The molecule has 2 nitrogen and oxygen atoms in total. The van der Waals surface area contributed by atoms with Gasteiger partial charge in [0.05, 0.1) is 6.20 Å². The summed E-state index contributed by atoms with van der Waals surface area (Å²) in [5.74, 6) is -2.37. The topological polar surface area (TPSA) is 38.9 Å². The molecule has 0 saturated heterocycles. The number of nitrogens with zero attached hydrogens (tertiary/aromatic N) is 1. The summed E-state index contributed by atoms with van der Waals surface area (Å²) in [6, 6.07) is 0. The van der Waals surface area contributed by atoms with Gasteiger partial charge in [0.1, 0.15) is 11.5 Å². The van der Waals surface area contributed by atoms with Crippen LogP contribution in [0.1, 0.15) is 17.7 Å². The summed E-state index contributed by atoms with van der Waals surface area (Å²) in [5.41, 5.74) is 3.34. The van der Waals surface area contributed by atoms with Gasteiger partial charge in [0.2, 0.25) is 0 Å². The van der Waals surface area contributed by atoms with Crippen LogP contribution in [-0.4, -0.2) is 4.98 Å². The van der Waals surface area contributed by atoms with Crippen molar-refractivity contribution in [1.82, 2.24) is 4.98 Å². The van der Waals surface area contributed by atoms with Crippen molar-refractivity contribution >= 4 is 0 Å². The van der Waals surface area contributed by atoms with E-state index in [-0.39, 0.29) is 0 Å². The first-order chi connectivity index (χ1) is 6.07. The zero-order valence-corrected chi connectivity index (χ0v) is 6.40. The van der Waals surface area contributed by atoms with Gasteiger partial charge in [-0.15, -0.1) is 0 Å². The largest absolute Gasteiger partial charge is 0.326 e. The third-order valence-corrected chi connectivity index (χ3v) is 1.51. The van der Waals surface area contributed by atoms with Crippen LogP contribution in [0.25, 0.3) is 0 Å². The molecule has 0 radical (unpaired) electrons. The normalized spacial score (nSPS) is 10.9. The molecule has 0 aliphatic rings. The average Bonchev–Trinajstić information content (AvgIpc) is 2.04. The minimum Gasteiger partial charge on any atom is -0.326 e. The van der Waals surface area contributed by atoms with Crippen LogP contribution in [0.5, 0.6) is 0 Å². The van der Waals surface area contributed by atoms with Crippen molar-refractivity contribution in [2.45, 2.75) is 13.0 Å². The fraction of sp³-hybridized carbons (Fsp3) is 0.286.